The van der Waals surface area contributed by atoms with Gasteiger partial charge in [0.15, 0.2) is 5.78 Å². The Morgan fingerprint density at radius 3 is 1.46 bits per heavy atom. The van der Waals surface area contributed by atoms with Gasteiger partial charge in [-0.15, -0.1) is 0 Å². The van der Waals surface area contributed by atoms with Crippen LogP contribution < -0.4 is 9.80 Å². The molecule has 0 N–H and O–H groups in total. The molecule has 0 bridgehead atoms. The Morgan fingerprint density at radius 1 is 0.750 bits per heavy atom. The molecular formula is C23H24Br2N2O. The molecule has 28 heavy (non-hydrogen) atoms. The second-order valence-corrected chi connectivity index (χ2v) is 9.09. The number of hydrogen-bond acceptors (Lipinski definition) is 3. The molecular weight excluding hydrogens is 480 g/mol. The summed E-state index contributed by atoms with van der Waals surface area (Å²) in [7, 11) is 8.05. The van der Waals surface area contributed by atoms with Gasteiger partial charge < -0.3 is 9.80 Å². The van der Waals surface area contributed by atoms with Gasteiger partial charge in [-0.3, -0.25) is 4.79 Å². The van der Waals surface area contributed by atoms with Crippen LogP contribution in [0.2, 0.25) is 0 Å². The zero-order chi connectivity index (χ0) is 20.4. The Labute approximate surface area is 184 Å². The van der Waals surface area contributed by atoms with Crippen molar-refractivity contribution in [1.82, 2.24) is 0 Å². The van der Waals surface area contributed by atoms with Gasteiger partial charge >= 0.3 is 0 Å². The summed E-state index contributed by atoms with van der Waals surface area (Å²) in [5.41, 5.74) is 6.07. The van der Waals surface area contributed by atoms with E-state index in [1.807, 2.05) is 40.3 Å². The van der Waals surface area contributed by atoms with Gasteiger partial charge in [0.25, 0.3) is 0 Å². The van der Waals surface area contributed by atoms with Crippen LogP contribution in [-0.2, 0) is 4.79 Å². The molecule has 2 aromatic rings. The molecule has 1 saturated carbocycles. The first-order valence-corrected chi connectivity index (χ1v) is 10.7. The predicted molar refractivity (Wildman–Crippen MR) is 127 cm³/mol. The number of carbonyl (C=O) groups is 1. The van der Waals surface area contributed by atoms with Crippen molar-refractivity contribution in [2.75, 3.05) is 38.0 Å². The molecule has 0 radical (unpaired) electrons. The number of ketones is 1. The lowest BCUT2D eigenvalue weighted by atomic mass is 10.1. The molecule has 0 aliphatic heterocycles. The molecule has 0 heterocycles. The van der Waals surface area contributed by atoms with E-state index in [0.717, 1.165) is 55.4 Å². The topological polar surface area (TPSA) is 23.6 Å². The average Bonchev–Trinajstić information content (AvgIpc) is 2.94. The predicted octanol–water partition coefficient (Wildman–Crippen LogP) is 6.17. The highest BCUT2D eigenvalue weighted by Crippen LogP contribution is 2.33. The van der Waals surface area contributed by atoms with Gasteiger partial charge in [-0.2, -0.15) is 0 Å². The summed E-state index contributed by atoms with van der Waals surface area (Å²) in [6.07, 6.45) is 5.60. The number of allylic oxidation sites excluding steroid dienone is 2. The molecule has 0 spiro atoms. The number of anilines is 2. The second kappa shape index (κ2) is 8.66. The largest absolute Gasteiger partial charge is 0.377 e. The molecule has 146 valence electrons. The van der Waals surface area contributed by atoms with Crippen molar-refractivity contribution in [3.8, 4) is 0 Å². The van der Waals surface area contributed by atoms with E-state index in [1.165, 1.54) is 0 Å². The van der Waals surface area contributed by atoms with E-state index >= 15 is 0 Å². The van der Waals surface area contributed by atoms with E-state index in [1.54, 1.807) is 0 Å². The molecule has 2 aromatic carbocycles. The van der Waals surface area contributed by atoms with E-state index in [9.17, 15) is 4.79 Å². The Morgan fingerprint density at radius 2 is 1.14 bits per heavy atom. The molecule has 0 atom stereocenters. The minimum atomic E-state index is 0.153. The number of rotatable bonds is 4. The normalized spacial score (nSPS) is 16.9. The van der Waals surface area contributed by atoms with Crippen molar-refractivity contribution >= 4 is 61.2 Å². The first-order valence-electron chi connectivity index (χ1n) is 9.16. The molecule has 1 aliphatic carbocycles. The highest BCUT2D eigenvalue weighted by atomic mass is 79.9. The fourth-order valence-corrected chi connectivity index (χ4v) is 4.83. The lowest BCUT2D eigenvalue weighted by Gasteiger charge is -2.14. The third-order valence-electron chi connectivity index (χ3n) is 4.84. The SMILES string of the molecule is CN(C)c1ccc(C=C2CCC(=Cc3ccc(N(C)C)c(Br)c3)C2=O)cc1Br. The number of benzene rings is 2. The maximum absolute atomic E-state index is 12.9. The van der Waals surface area contributed by atoms with E-state index in [2.05, 4.69) is 78.1 Å². The van der Waals surface area contributed by atoms with Gasteiger partial charge in [-0.25, -0.2) is 0 Å². The fraction of sp³-hybridized carbons (Fsp3) is 0.261. The molecule has 3 nitrogen and oxygen atoms in total. The fourth-order valence-electron chi connectivity index (χ4n) is 3.33. The molecule has 0 unspecified atom stereocenters. The smallest absolute Gasteiger partial charge is 0.185 e. The van der Waals surface area contributed by atoms with E-state index in [-0.39, 0.29) is 5.78 Å². The van der Waals surface area contributed by atoms with Crippen LogP contribution in [0.1, 0.15) is 24.0 Å². The third kappa shape index (κ3) is 4.58. The Bertz CT molecular complexity index is 897. The van der Waals surface area contributed by atoms with Crippen LogP contribution in [0.25, 0.3) is 12.2 Å². The molecule has 0 saturated heterocycles. The Balaban J connectivity index is 1.83. The average molecular weight is 504 g/mol. The monoisotopic (exact) mass is 502 g/mol. The maximum Gasteiger partial charge on any atom is 0.185 e. The summed E-state index contributed by atoms with van der Waals surface area (Å²) < 4.78 is 2.05. The van der Waals surface area contributed by atoms with Crippen molar-refractivity contribution in [3.05, 3.63) is 67.6 Å². The Hall–Kier alpha value is -1.85. The number of carbonyl (C=O) groups excluding carboxylic acids is 1. The van der Waals surface area contributed by atoms with Crippen molar-refractivity contribution in [3.63, 3.8) is 0 Å². The van der Waals surface area contributed by atoms with Gasteiger partial charge in [0.2, 0.25) is 0 Å². The van der Waals surface area contributed by atoms with Crippen LogP contribution in [0.4, 0.5) is 11.4 Å². The van der Waals surface area contributed by atoms with Gasteiger partial charge in [0.1, 0.15) is 0 Å². The molecule has 1 aliphatic rings. The van der Waals surface area contributed by atoms with Crippen LogP contribution in [0, 0.1) is 0 Å². The summed E-state index contributed by atoms with van der Waals surface area (Å²) in [4.78, 5) is 17.0. The molecule has 1 fully saturated rings. The third-order valence-corrected chi connectivity index (χ3v) is 6.11. The zero-order valence-corrected chi connectivity index (χ0v) is 19.8. The first-order chi connectivity index (χ1) is 13.3. The lowest BCUT2D eigenvalue weighted by molar-refractivity contribution is -0.111. The summed E-state index contributed by atoms with van der Waals surface area (Å²) in [6.45, 7) is 0. The van der Waals surface area contributed by atoms with Crippen molar-refractivity contribution in [2.24, 2.45) is 0 Å². The molecule has 5 heteroatoms. The van der Waals surface area contributed by atoms with Crippen molar-refractivity contribution < 1.29 is 4.79 Å². The number of halogens is 2. The lowest BCUT2D eigenvalue weighted by Crippen LogP contribution is -2.09. The van der Waals surface area contributed by atoms with Gasteiger partial charge in [-0.1, -0.05) is 12.1 Å². The summed E-state index contributed by atoms with van der Waals surface area (Å²) in [6, 6.07) is 12.4. The number of Topliss-reactive ketones (excluding diaryl/α,β-unsaturated/α-hetero) is 1. The van der Waals surface area contributed by atoms with E-state index in [4.69, 9.17) is 0 Å². The van der Waals surface area contributed by atoms with Crippen LogP contribution in [0.5, 0.6) is 0 Å². The molecule has 0 aromatic heterocycles. The summed E-state index contributed by atoms with van der Waals surface area (Å²) in [5.74, 6) is 0.153. The van der Waals surface area contributed by atoms with Crippen LogP contribution in [-0.4, -0.2) is 34.0 Å². The van der Waals surface area contributed by atoms with E-state index in [0.29, 0.717) is 0 Å². The number of hydrogen-bond donors (Lipinski definition) is 0. The summed E-state index contributed by atoms with van der Waals surface area (Å²) in [5, 5.41) is 0. The van der Waals surface area contributed by atoms with Crippen molar-refractivity contribution in [2.45, 2.75) is 12.8 Å². The first kappa shape index (κ1) is 20.9. The van der Waals surface area contributed by atoms with Gasteiger partial charge in [-0.05, 0) is 92.2 Å². The van der Waals surface area contributed by atoms with Crippen LogP contribution in [0.15, 0.2) is 56.5 Å². The second-order valence-electron chi connectivity index (χ2n) is 7.38. The standard InChI is InChI=1S/C23H24Br2N2O/c1-26(2)21-9-5-15(13-19(21)24)11-17-7-8-18(23(17)28)12-16-6-10-22(27(3)4)20(25)14-16/h5-6,9-14H,7-8H2,1-4H3. The van der Waals surface area contributed by atoms with Crippen molar-refractivity contribution in [1.29, 1.82) is 0 Å². The molecule has 3 rings (SSSR count). The van der Waals surface area contributed by atoms with Crippen LogP contribution >= 0.6 is 31.9 Å². The van der Waals surface area contributed by atoms with Gasteiger partial charge in [0.05, 0.1) is 11.4 Å². The highest BCUT2D eigenvalue weighted by Gasteiger charge is 2.23. The highest BCUT2D eigenvalue weighted by molar-refractivity contribution is 9.11. The summed E-state index contributed by atoms with van der Waals surface area (Å²) >= 11 is 7.23. The minimum absolute atomic E-state index is 0.153. The van der Waals surface area contributed by atoms with Crippen LogP contribution in [0.3, 0.4) is 0 Å². The van der Waals surface area contributed by atoms with E-state index < -0.39 is 0 Å². The number of nitrogens with zero attached hydrogens (tertiary/aromatic N) is 2. The minimum Gasteiger partial charge on any atom is -0.377 e. The zero-order valence-electron chi connectivity index (χ0n) is 16.6. The van der Waals surface area contributed by atoms with Gasteiger partial charge in [0, 0.05) is 48.3 Å². The maximum atomic E-state index is 12.9. The molecule has 0 amide bonds. The Kier molecular flexibility index (Phi) is 6.46. The quantitative estimate of drug-likeness (QED) is 0.466.